The molecule has 4 N–H and O–H groups in total. The summed E-state index contributed by atoms with van der Waals surface area (Å²) in [6, 6.07) is -0.964. The third-order valence-corrected chi connectivity index (χ3v) is 1.95. The third kappa shape index (κ3) is 2.14. The first kappa shape index (κ1) is 10.8. The van der Waals surface area contributed by atoms with Crippen LogP contribution in [0.5, 0.6) is 0 Å². The van der Waals surface area contributed by atoms with Crippen molar-refractivity contribution in [1.29, 1.82) is 0 Å². The maximum Gasteiger partial charge on any atom is 0.412 e. The van der Waals surface area contributed by atoms with E-state index in [-0.39, 0.29) is 5.57 Å². The van der Waals surface area contributed by atoms with E-state index in [4.69, 9.17) is 11.5 Å². The lowest BCUT2D eigenvalue weighted by molar-refractivity contribution is -0.115. The first-order valence-electron chi connectivity index (χ1n) is 3.85. The SMILES string of the molecule is NC(=O)C1=CC=C(C(F)(F)F)CC1N. The molecule has 3 nitrogen and oxygen atoms in total. The maximum atomic E-state index is 12.2. The molecule has 0 saturated heterocycles. The second kappa shape index (κ2) is 3.45. The van der Waals surface area contributed by atoms with Crippen LogP contribution in [0.4, 0.5) is 13.2 Å². The van der Waals surface area contributed by atoms with E-state index in [1.807, 2.05) is 0 Å². The molecule has 0 fully saturated rings. The van der Waals surface area contributed by atoms with Gasteiger partial charge in [-0.15, -0.1) is 0 Å². The highest BCUT2D eigenvalue weighted by molar-refractivity contribution is 5.93. The van der Waals surface area contributed by atoms with Gasteiger partial charge in [-0.1, -0.05) is 12.2 Å². The van der Waals surface area contributed by atoms with Crippen LogP contribution in [0.2, 0.25) is 0 Å². The van der Waals surface area contributed by atoms with Crippen molar-refractivity contribution in [2.45, 2.75) is 18.6 Å². The number of carbonyl (C=O) groups excluding carboxylic acids is 1. The van der Waals surface area contributed by atoms with Crippen molar-refractivity contribution < 1.29 is 18.0 Å². The Bertz CT molecular complexity index is 317. The van der Waals surface area contributed by atoms with Crippen LogP contribution < -0.4 is 11.5 Å². The average Bonchev–Trinajstić information content (AvgIpc) is 2.01. The van der Waals surface area contributed by atoms with Crippen molar-refractivity contribution in [2.75, 3.05) is 0 Å². The van der Waals surface area contributed by atoms with E-state index in [1.165, 1.54) is 0 Å². The Labute approximate surface area is 78.2 Å². The molecule has 14 heavy (non-hydrogen) atoms. The zero-order valence-corrected chi connectivity index (χ0v) is 7.14. The largest absolute Gasteiger partial charge is 0.412 e. The monoisotopic (exact) mass is 206 g/mol. The quantitative estimate of drug-likeness (QED) is 0.660. The van der Waals surface area contributed by atoms with E-state index in [2.05, 4.69) is 0 Å². The Morgan fingerprint density at radius 2 is 2.00 bits per heavy atom. The number of carbonyl (C=O) groups is 1. The normalized spacial score (nSPS) is 22.7. The molecule has 1 unspecified atom stereocenters. The van der Waals surface area contributed by atoms with Gasteiger partial charge in [0, 0.05) is 17.2 Å². The van der Waals surface area contributed by atoms with Crippen LogP contribution in [-0.4, -0.2) is 18.1 Å². The summed E-state index contributed by atoms with van der Waals surface area (Å²) in [5.74, 6) is -0.782. The second-order valence-corrected chi connectivity index (χ2v) is 2.99. The van der Waals surface area contributed by atoms with Gasteiger partial charge in [-0.05, 0) is 6.42 Å². The molecule has 0 aromatic carbocycles. The van der Waals surface area contributed by atoms with Crippen molar-refractivity contribution in [3.63, 3.8) is 0 Å². The molecule has 0 saturated carbocycles. The molecule has 1 amide bonds. The molecule has 1 rings (SSSR count). The van der Waals surface area contributed by atoms with Crippen LogP contribution in [0, 0.1) is 0 Å². The molecule has 1 aliphatic carbocycles. The van der Waals surface area contributed by atoms with Crippen LogP contribution in [0.15, 0.2) is 23.3 Å². The fourth-order valence-electron chi connectivity index (χ4n) is 1.20. The molecular formula is C8H9F3N2O. The summed E-state index contributed by atoms with van der Waals surface area (Å²) in [7, 11) is 0. The molecule has 0 aliphatic heterocycles. The third-order valence-electron chi connectivity index (χ3n) is 1.95. The molecule has 0 aromatic heterocycles. The number of halogens is 3. The molecule has 6 heteroatoms. The van der Waals surface area contributed by atoms with E-state index >= 15 is 0 Å². The average molecular weight is 206 g/mol. The summed E-state index contributed by atoms with van der Waals surface area (Å²) < 4.78 is 36.5. The first-order chi connectivity index (χ1) is 6.32. The zero-order valence-electron chi connectivity index (χ0n) is 7.14. The smallest absolute Gasteiger partial charge is 0.366 e. The fraction of sp³-hybridized carbons (Fsp3) is 0.375. The van der Waals surface area contributed by atoms with Crippen LogP contribution >= 0.6 is 0 Å². The number of primary amides is 1. The number of alkyl halides is 3. The van der Waals surface area contributed by atoms with Gasteiger partial charge in [-0.2, -0.15) is 13.2 Å². The topological polar surface area (TPSA) is 69.1 Å². The minimum atomic E-state index is -4.39. The summed E-state index contributed by atoms with van der Waals surface area (Å²) >= 11 is 0. The highest BCUT2D eigenvalue weighted by Gasteiger charge is 2.36. The van der Waals surface area contributed by atoms with Crippen molar-refractivity contribution in [3.05, 3.63) is 23.3 Å². The fourth-order valence-corrected chi connectivity index (χ4v) is 1.20. The van der Waals surface area contributed by atoms with Gasteiger partial charge in [0.2, 0.25) is 5.91 Å². The summed E-state index contributed by atoms with van der Waals surface area (Å²) in [6.45, 7) is 0. The molecule has 1 aliphatic rings. The standard InChI is InChI=1S/C8H9F3N2O/c9-8(10,11)4-1-2-5(7(13)14)6(12)3-4/h1-2,6H,3,12H2,(H2,13,14). The van der Waals surface area contributed by atoms with Crippen molar-refractivity contribution in [1.82, 2.24) is 0 Å². The van der Waals surface area contributed by atoms with Gasteiger partial charge in [0.15, 0.2) is 0 Å². The van der Waals surface area contributed by atoms with E-state index in [0.717, 1.165) is 12.2 Å². The molecule has 1 atom stereocenters. The Kier molecular flexibility index (Phi) is 2.66. The Morgan fingerprint density at radius 1 is 1.43 bits per heavy atom. The maximum absolute atomic E-state index is 12.2. The number of nitrogens with two attached hydrogens (primary N) is 2. The zero-order chi connectivity index (χ0) is 10.9. The highest BCUT2D eigenvalue weighted by atomic mass is 19.4. The Morgan fingerprint density at radius 3 is 2.36 bits per heavy atom. The lowest BCUT2D eigenvalue weighted by atomic mass is 9.93. The van der Waals surface area contributed by atoms with Gasteiger partial charge in [0.25, 0.3) is 0 Å². The molecule has 78 valence electrons. The predicted molar refractivity (Wildman–Crippen MR) is 44.0 cm³/mol. The van der Waals surface area contributed by atoms with E-state index in [1.54, 1.807) is 0 Å². The number of hydrogen-bond acceptors (Lipinski definition) is 2. The second-order valence-electron chi connectivity index (χ2n) is 2.99. The van der Waals surface area contributed by atoms with Gasteiger partial charge in [0.1, 0.15) is 0 Å². The summed E-state index contributed by atoms with van der Waals surface area (Å²) in [5.41, 5.74) is 9.56. The lowest BCUT2D eigenvalue weighted by Gasteiger charge is -2.20. The van der Waals surface area contributed by atoms with Crippen LogP contribution in [0.1, 0.15) is 6.42 Å². The molecule has 0 heterocycles. The van der Waals surface area contributed by atoms with E-state index in [0.29, 0.717) is 0 Å². The molecule has 0 radical (unpaired) electrons. The number of amides is 1. The van der Waals surface area contributed by atoms with Crippen molar-refractivity contribution in [3.8, 4) is 0 Å². The van der Waals surface area contributed by atoms with Gasteiger partial charge in [-0.3, -0.25) is 4.79 Å². The minimum Gasteiger partial charge on any atom is -0.366 e. The van der Waals surface area contributed by atoms with Gasteiger partial charge in [0.05, 0.1) is 0 Å². The highest BCUT2D eigenvalue weighted by Crippen LogP contribution is 2.32. The lowest BCUT2D eigenvalue weighted by Crippen LogP contribution is -2.35. The van der Waals surface area contributed by atoms with E-state index < -0.39 is 30.1 Å². The summed E-state index contributed by atoms with van der Waals surface area (Å²) in [4.78, 5) is 10.7. The van der Waals surface area contributed by atoms with Crippen LogP contribution in [-0.2, 0) is 4.79 Å². The summed E-state index contributed by atoms with van der Waals surface area (Å²) in [6.07, 6.45) is -2.93. The predicted octanol–water partition coefficient (Wildman–Crippen LogP) is 0.618. The van der Waals surface area contributed by atoms with Gasteiger partial charge in [-0.25, -0.2) is 0 Å². The molecule has 0 spiro atoms. The molecule has 0 aromatic rings. The Balaban J connectivity index is 2.95. The number of allylic oxidation sites excluding steroid dienone is 2. The summed E-state index contributed by atoms with van der Waals surface area (Å²) in [5, 5.41) is 0. The van der Waals surface area contributed by atoms with Gasteiger partial charge < -0.3 is 11.5 Å². The van der Waals surface area contributed by atoms with Crippen molar-refractivity contribution >= 4 is 5.91 Å². The first-order valence-corrected chi connectivity index (χ1v) is 3.85. The van der Waals surface area contributed by atoms with Crippen molar-refractivity contribution in [2.24, 2.45) is 11.5 Å². The van der Waals surface area contributed by atoms with Gasteiger partial charge >= 0.3 is 6.18 Å². The number of rotatable bonds is 1. The molecule has 0 bridgehead atoms. The molecular weight excluding hydrogens is 197 g/mol. The Hall–Kier alpha value is -1.30. The van der Waals surface area contributed by atoms with Crippen LogP contribution in [0.25, 0.3) is 0 Å². The van der Waals surface area contributed by atoms with Crippen LogP contribution in [0.3, 0.4) is 0 Å². The minimum absolute atomic E-state index is 0.0259. The number of hydrogen-bond donors (Lipinski definition) is 2. The van der Waals surface area contributed by atoms with E-state index in [9.17, 15) is 18.0 Å².